The lowest BCUT2D eigenvalue weighted by atomic mass is 10.1. The van der Waals surface area contributed by atoms with E-state index in [9.17, 15) is 62.9 Å². The van der Waals surface area contributed by atoms with E-state index in [0.717, 1.165) is 0 Å². The van der Waals surface area contributed by atoms with Gasteiger partial charge in [-0.05, 0) is 6.92 Å². The van der Waals surface area contributed by atoms with Gasteiger partial charge in [-0.1, -0.05) is 0 Å². The predicted octanol–water partition coefficient (Wildman–Crippen LogP) is 4.86. The van der Waals surface area contributed by atoms with Crippen LogP contribution in [0.3, 0.4) is 0 Å². The molecule has 18 heteroatoms. The van der Waals surface area contributed by atoms with Crippen LogP contribution in [0.2, 0.25) is 0 Å². The van der Waals surface area contributed by atoms with Crippen molar-refractivity contribution in [3.8, 4) is 0 Å². The van der Waals surface area contributed by atoms with Gasteiger partial charge in [0.1, 0.15) is 13.0 Å². The standard InChI is InChI=1S/C21H32F12O6/c1-14(6-37-8-15(4-34)7-36-3-2-17(22,23)12-20(28,29)30)39-10-16(5-35)9-38-13-18(24,25)11-19(26,27)21(31,32)33/h14-16,34-35H,2-13H2,1H3. The molecule has 3 unspecified atom stereocenters. The molecule has 0 amide bonds. The van der Waals surface area contributed by atoms with Crippen molar-refractivity contribution in [3.05, 3.63) is 0 Å². The molecule has 6 nitrogen and oxygen atoms in total. The first-order chi connectivity index (χ1) is 17.6. The Labute approximate surface area is 216 Å². The molecule has 0 aliphatic carbocycles. The molecular weight excluding hydrogens is 576 g/mol. The largest absolute Gasteiger partial charge is 0.453 e. The minimum atomic E-state index is -6.16. The zero-order chi connectivity index (χ0) is 30.5. The normalized spacial score (nSPS) is 16.4. The van der Waals surface area contributed by atoms with Crippen molar-refractivity contribution in [3.63, 3.8) is 0 Å². The molecule has 0 saturated carbocycles. The van der Waals surface area contributed by atoms with Crippen LogP contribution in [0.4, 0.5) is 52.7 Å². The van der Waals surface area contributed by atoms with Gasteiger partial charge in [-0.25, -0.2) is 17.6 Å². The van der Waals surface area contributed by atoms with Crippen molar-refractivity contribution < 1.29 is 81.8 Å². The molecule has 0 heterocycles. The summed E-state index contributed by atoms with van der Waals surface area (Å²) in [5.41, 5.74) is 0. The van der Waals surface area contributed by atoms with Crippen molar-refractivity contribution in [2.45, 2.75) is 62.4 Å². The summed E-state index contributed by atoms with van der Waals surface area (Å²) in [6.07, 6.45) is -18.1. The maximum absolute atomic E-state index is 13.4. The first kappa shape index (κ1) is 37.9. The van der Waals surface area contributed by atoms with Gasteiger partial charge in [0, 0.05) is 18.3 Å². The number of hydrogen-bond acceptors (Lipinski definition) is 6. The Balaban J connectivity index is 4.26. The first-order valence-corrected chi connectivity index (χ1v) is 11.5. The molecule has 0 fully saturated rings. The average Bonchev–Trinajstić information content (AvgIpc) is 2.74. The SMILES string of the molecule is CC(COCC(CO)COCCC(F)(F)CC(F)(F)F)OCC(CO)COCC(F)(F)CC(F)(F)C(F)(F)F. The third-order valence-electron chi connectivity index (χ3n) is 4.83. The molecule has 0 saturated heterocycles. The van der Waals surface area contributed by atoms with E-state index in [-0.39, 0.29) is 26.4 Å². The van der Waals surface area contributed by atoms with Gasteiger partial charge >= 0.3 is 18.3 Å². The molecule has 0 aromatic heterocycles. The highest BCUT2D eigenvalue weighted by atomic mass is 19.4. The Kier molecular flexibility index (Phi) is 15.9. The molecule has 236 valence electrons. The topological polar surface area (TPSA) is 77.4 Å². The quantitative estimate of drug-likeness (QED) is 0.143. The summed E-state index contributed by atoms with van der Waals surface area (Å²) in [4.78, 5) is 0. The van der Waals surface area contributed by atoms with Gasteiger partial charge in [0.15, 0.2) is 0 Å². The van der Waals surface area contributed by atoms with E-state index in [1.165, 1.54) is 6.92 Å². The molecule has 2 N–H and O–H groups in total. The zero-order valence-electron chi connectivity index (χ0n) is 20.8. The van der Waals surface area contributed by atoms with Gasteiger partial charge in [0.05, 0.1) is 65.4 Å². The van der Waals surface area contributed by atoms with Crippen molar-refractivity contribution in [1.29, 1.82) is 0 Å². The molecule has 0 radical (unpaired) electrons. The summed E-state index contributed by atoms with van der Waals surface area (Å²) < 4.78 is 171. The van der Waals surface area contributed by atoms with Gasteiger partial charge < -0.3 is 29.2 Å². The number of aliphatic hydroxyl groups is 2. The molecule has 0 aromatic carbocycles. The lowest BCUT2D eigenvalue weighted by Gasteiger charge is -2.25. The molecule has 0 bridgehead atoms. The van der Waals surface area contributed by atoms with E-state index >= 15 is 0 Å². The van der Waals surface area contributed by atoms with Crippen LogP contribution in [0.25, 0.3) is 0 Å². The Morgan fingerprint density at radius 1 is 0.615 bits per heavy atom. The second kappa shape index (κ2) is 16.4. The fraction of sp³-hybridized carbons (Fsp3) is 1.00. The van der Waals surface area contributed by atoms with Crippen LogP contribution in [0.5, 0.6) is 0 Å². The predicted molar refractivity (Wildman–Crippen MR) is 110 cm³/mol. The zero-order valence-corrected chi connectivity index (χ0v) is 20.8. The summed E-state index contributed by atoms with van der Waals surface area (Å²) >= 11 is 0. The minimum Gasteiger partial charge on any atom is -0.396 e. The number of rotatable bonds is 21. The second-order valence-electron chi connectivity index (χ2n) is 9.00. The smallest absolute Gasteiger partial charge is 0.396 e. The summed E-state index contributed by atoms with van der Waals surface area (Å²) in [6, 6.07) is 0. The van der Waals surface area contributed by atoms with Crippen molar-refractivity contribution in [2.24, 2.45) is 11.8 Å². The Bertz CT molecular complexity index is 660. The van der Waals surface area contributed by atoms with Crippen LogP contribution in [0.1, 0.15) is 26.2 Å². The van der Waals surface area contributed by atoms with Gasteiger partial charge in [0.2, 0.25) is 0 Å². The van der Waals surface area contributed by atoms with Gasteiger partial charge in [-0.15, -0.1) is 0 Å². The molecule has 0 aliphatic heterocycles. The maximum atomic E-state index is 13.4. The molecule has 0 spiro atoms. The van der Waals surface area contributed by atoms with Gasteiger partial charge in [-0.2, -0.15) is 35.1 Å². The third-order valence-corrected chi connectivity index (χ3v) is 4.83. The average molecular weight is 608 g/mol. The summed E-state index contributed by atoms with van der Waals surface area (Å²) in [6.45, 7) is -3.66. The monoisotopic (exact) mass is 608 g/mol. The Morgan fingerprint density at radius 3 is 1.64 bits per heavy atom. The van der Waals surface area contributed by atoms with Crippen LogP contribution in [0.15, 0.2) is 0 Å². The number of aliphatic hydroxyl groups excluding tert-OH is 2. The second-order valence-corrected chi connectivity index (χ2v) is 9.00. The third kappa shape index (κ3) is 18.1. The van der Waals surface area contributed by atoms with Crippen LogP contribution in [-0.2, 0) is 18.9 Å². The van der Waals surface area contributed by atoms with Crippen molar-refractivity contribution in [1.82, 2.24) is 0 Å². The highest BCUT2D eigenvalue weighted by Crippen LogP contribution is 2.42. The Hall–Kier alpha value is -1.08. The van der Waals surface area contributed by atoms with E-state index in [1.54, 1.807) is 0 Å². The molecule has 0 aliphatic rings. The number of alkyl halides is 12. The van der Waals surface area contributed by atoms with Crippen LogP contribution in [0, 0.1) is 11.8 Å². The summed E-state index contributed by atoms with van der Waals surface area (Å²) in [5, 5.41) is 18.5. The van der Waals surface area contributed by atoms with Gasteiger partial charge in [-0.3, -0.25) is 0 Å². The summed E-state index contributed by atoms with van der Waals surface area (Å²) in [7, 11) is 0. The highest BCUT2D eigenvalue weighted by Gasteiger charge is 2.61. The number of ether oxygens (including phenoxy) is 4. The fourth-order valence-corrected chi connectivity index (χ4v) is 2.76. The van der Waals surface area contributed by atoms with E-state index in [1.807, 2.05) is 0 Å². The van der Waals surface area contributed by atoms with Crippen LogP contribution >= 0.6 is 0 Å². The number of halogens is 12. The van der Waals surface area contributed by atoms with Gasteiger partial charge in [0.25, 0.3) is 11.8 Å². The number of hydrogen-bond donors (Lipinski definition) is 2. The van der Waals surface area contributed by atoms with Crippen LogP contribution in [-0.4, -0.2) is 106 Å². The fourth-order valence-electron chi connectivity index (χ4n) is 2.76. The lowest BCUT2D eigenvalue weighted by molar-refractivity contribution is -0.303. The molecular formula is C21H32F12O6. The lowest BCUT2D eigenvalue weighted by Crippen LogP contribution is -2.43. The van der Waals surface area contributed by atoms with Crippen molar-refractivity contribution >= 4 is 0 Å². The first-order valence-electron chi connectivity index (χ1n) is 11.5. The molecule has 3 atom stereocenters. The molecule has 39 heavy (non-hydrogen) atoms. The molecule has 0 rings (SSSR count). The van der Waals surface area contributed by atoms with Crippen molar-refractivity contribution in [2.75, 3.05) is 59.5 Å². The Morgan fingerprint density at radius 2 is 1.13 bits per heavy atom. The van der Waals surface area contributed by atoms with Crippen LogP contribution < -0.4 is 0 Å². The van der Waals surface area contributed by atoms with E-state index < -0.39 is 100 Å². The van der Waals surface area contributed by atoms with E-state index in [4.69, 9.17) is 14.2 Å². The highest BCUT2D eigenvalue weighted by molar-refractivity contribution is 4.83. The van der Waals surface area contributed by atoms with E-state index in [0.29, 0.717) is 0 Å². The van der Waals surface area contributed by atoms with E-state index in [2.05, 4.69) is 4.74 Å². The maximum Gasteiger partial charge on any atom is 0.453 e. The minimum absolute atomic E-state index is 0.121. The molecule has 0 aromatic rings. The summed E-state index contributed by atoms with van der Waals surface area (Å²) in [5.74, 6) is -15.8.